The SMILES string of the molecule is COc1cccc(C(=O)COC(=O)[C@H](C(C)C)N2C(=O)[C@@H]3[C@@H]4CC[C@@H](C4)[C@@H]3C2=O)c1. The molecule has 0 aromatic heterocycles. The van der Waals surface area contributed by atoms with Crippen LogP contribution in [0.25, 0.3) is 0 Å². The Balaban J connectivity index is 1.47. The maximum Gasteiger partial charge on any atom is 0.330 e. The highest BCUT2D eigenvalue weighted by atomic mass is 16.5. The first-order chi connectivity index (χ1) is 14.3. The van der Waals surface area contributed by atoms with Gasteiger partial charge >= 0.3 is 5.97 Å². The topological polar surface area (TPSA) is 90.0 Å². The van der Waals surface area contributed by atoms with E-state index in [0.717, 1.165) is 24.2 Å². The number of benzene rings is 1. The molecule has 2 aliphatic carbocycles. The van der Waals surface area contributed by atoms with Crippen LogP contribution in [0.2, 0.25) is 0 Å². The van der Waals surface area contributed by atoms with Crippen molar-refractivity contribution in [1.82, 2.24) is 4.90 Å². The molecule has 30 heavy (non-hydrogen) atoms. The number of Topliss-reactive ketones (excluding diaryl/α,β-unsaturated/α-hetero) is 1. The zero-order chi connectivity index (χ0) is 21.6. The molecule has 0 N–H and O–H groups in total. The minimum Gasteiger partial charge on any atom is -0.497 e. The van der Waals surface area contributed by atoms with Gasteiger partial charge in [0.05, 0.1) is 18.9 Å². The minimum absolute atomic E-state index is 0.244. The molecule has 4 rings (SSSR count). The Morgan fingerprint density at radius 2 is 1.73 bits per heavy atom. The average Bonchev–Trinajstić information content (AvgIpc) is 3.42. The number of ketones is 1. The van der Waals surface area contributed by atoms with E-state index in [1.165, 1.54) is 7.11 Å². The van der Waals surface area contributed by atoms with Gasteiger partial charge in [-0.05, 0) is 49.1 Å². The Hall–Kier alpha value is -2.70. The Kier molecular flexibility index (Phi) is 5.38. The average molecular weight is 413 g/mol. The van der Waals surface area contributed by atoms with Crippen molar-refractivity contribution in [3.63, 3.8) is 0 Å². The van der Waals surface area contributed by atoms with Crippen LogP contribution in [0.1, 0.15) is 43.5 Å². The molecule has 0 unspecified atom stereocenters. The summed E-state index contributed by atoms with van der Waals surface area (Å²) in [5, 5.41) is 0. The number of likely N-dealkylation sites (tertiary alicyclic amines) is 1. The van der Waals surface area contributed by atoms with E-state index >= 15 is 0 Å². The van der Waals surface area contributed by atoms with Gasteiger partial charge in [0.25, 0.3) is 0 Å². The van der Waals surface area contributed by atoms with E-state index < -0.39 is 18.6 Å². The summed E-state index contributed by atoms with van der Waals surface area (Å²) in [4.78, 5) is 52.6. The molecular formula is C23H27NO6. The fourth-order valence-electron chi connectivity index (χ4n) is 5.48. The molecule has 2 bridgehead atoms. The number of carbonyl (C=O) groups is 4. The number of fused-ring (bicyclic) bond motifs is 5. The predicted octanol–water partition coefficient (Wildman–Crippen LogP) is 2.48. The lowest BCUT2D eigenvalue weighted by molar-refractivity contribution is -0.160. The Bertz CT molecular complexity index is 865. The lowest BCUT2D eigenvalue weighted by Crippen LogP contribution is -2.50. The van der Waals surface area contributed by atoms with E-state index in [1.807, 2.05) is 0 Å². The molecule has 0 radical (unpaired) electrons. The van der Waals surface area contributed by atoms with Gasteiger partial charge in [0.1, 0.15) is 11.8 Å². The first-order valence-electron chi connectivity index (χ1n) is 10.5. The molecule has 2 amide bonds. The van der Waals surface area contributed by atoms with E-state index in [1.54, 1.807) is 38.1 Å². The van der Waals surface area contributed by atoms with Gasteiger partial charge in [0, 0.05) is 5.56 Å². The first kappa shape index (κ1) is 20.6. The second-order valence-electron chi connectivity index (χ2n) is 8.88. The molecule has 2 saturated carbocycles. The largest absolute Gasteiger partial charge is 0.497 e. The van der Waals surface area contributed by atoms with E-state index in [9.17, 15) is 19.2 Å². The number of hydrogen-bond donors (Lipinski definition) is 0. The van der Waals surface area contributed by atoms with Crippen molar-refractivity contribution in [2.45, 2.75) is 39.2 Å². The zero-order valence-electron chi connectivity index (χ0n) is 17.5. The second kappa shape index (κ2) is 7.85. The highest BCUT2D eigenvalue weighted by molar-refractivity contribution is 6.09. The number of imide groups is 1. The molecular weight excluding hydrogens is 386 g/mol. The molecule has 7 nitrogen and oxygen atoms in total. The number of esters is 1. The molecule has 3 fully saturated rings. The van der Waals surface area contributed by atoms with Gasteiger partial charge in [0.2, 0.25) is 11.8 Å². The number of amides is 2. The van der Waals surface area contributed by atoms with Gasteiger partial charge < -0.3 is 9.47 Å². The molecule has 7 heteroatoms. The van der Waals surface area contributed by atoms with Crippen LogP contribution in [0.4, 0.5) is 0 Å². The number of nitrogens with zero attached hydrogens (tertiary/aromatic N) is 1. The monoisotopic (exact) mass is 413 g/mol. The summed E-state index contributed by atoms with van der Waals surface area (Å²) >= 11 is 0. The lowest BCUT2D eigenvalue weighted by atomic mass is 9.81. The van der Waals surface area contributed by atoms with E-state index in [2.05, 4.69) is 0 Å². The van der Waals surface area contributed by atoms with Crippen LogP contribution >= 0.6 is 0 Å². The summed E-state index contributed by atoms with van der Waals surface area (Å²) in [6, 6.07) is 5.57. The second-order valence-corrected chi connectivity index (χ2v) is 8.88. The molecule has 1 aromatic carbocycles. The van der Waals surface area contributed by atoms with Crippen molar-refractivity contribution in [3.05, 3.63) is 29.8 Å². The predicted molar refractivity (Wildman–Crippen MR) is 107 cm³/mol. The fourth-order valence-corrected chi connectivity index (χ4v) is 5.48. The van der Waals surface area contributed by atoms with Crippen LogP contribution in [0.15, 0.2) is 24.3 Å². The van der Waals surface area contributed by atoms with E-state index in [0.29, 0.717) is 11.3 Å². The highest BCUT2D eigenvalue weighted by Gasteiger charge is 2.62. The van der Waals surface area contributed by atoms with E-state index in [-0.39, 0.29) is 47.2 Å². The van der Waals surface area contributed by atoms with Crippen molar-refractivity contribution < 1.29 is 28.7 Å². The van der Waals surface area contributed by atoms with E-state index in [4.69, 9.17) is 9.47 Å². The molecule has 1 heterocycles. The standard InChI is InChI=1S/C23H27NO6/c1-12(2)20(23(28)30-11-17(25)13-5-4-6-16(10-13)29-3)24-21(26)18-14-7-8-15(9-14)19(18)22(24)27/h4-6,10,12,14-15,18-20H,7-9,11H2,1-3H3/t14-,15+,18-,19+,20-/m0/s1. The van der Waals surface area contributed by atoms with Gasteiger partial charge in [-0.1, -0.05) is 26.0 Å². The van der Waals surface area contributed by atoms with Crippen molar-refractivity contribution >= 4 is 23.6 Å². The number of rotatable bonds is 7. The zero-order valence-corrected chi connectivity index (χ0v) is 17.5. The molecule has 1 aliphatic heterocycles. The summed E-state index contributed by atoms with van der Waals surface area (Å²) in [6.07, 6.45) is 2.89. The first-order valence-corrected chi connectivity index (χ1v) is 10.5. The molecule has 0 spiro atoms. The van der Waals surface area contributed by atoms with Crippen molar-refractivity contribution in [1.29, 1.82) is 0 Å². The van der Waals surface area contributed by atoms with Crippen LogP contribution < -0.4 is 4.74 Å². The van der Waals surface area contributed by atoms with Crippen molar-refractivity contribution in [3.8, 4) is 5.75 Å². The summed E-state index contributed by atoms with van der Waals surface area (Å²) < 4.78 is 10.4. The van der Waals surface area contributed by atoms with Gasteiger partial charge in [-0.2, -0.15) is 0 Å². The number of hydrogen-bond acceptors (Lipinski definition) is 6. The summed E-state index contributed by atoms with van der Waals surface area (Å²) in [5.41, 5.74) is 0.364. The summed E-state index contributed by atoms with van der Waals surface area (Å²) in [5.74, 6) is -1.43. The maximum atomic E-state index is 13.1. The van der Waals surface area contributed by atoms with Crippen molar-refractivity contribution in [2.24, 2.45) is 29.6 Å². The Morgan fingerprint density at radius 3 is 2.30 bits per heavy atom. The molecule has 1 saturated heterocycles. The third-order valence-corrected chi connectivity index (χ3v) is 6.85. The van der Waals surface area contributed by atoms with Crippen molar-refractivity contribution in [2.75, 3.05) is 13.7 Å². The van der Waals surface area contributed by atoms with Crippen LogP contribution in [0, 0.1) is 29.6 Å². The Morgan fingerprint density at radius 1 is 1.10 bits per heavy atom. The number of carbonyl (C=O) groups excluding carboxylic acids is 4. The van der Waals surface area contributed by atoms with Gasteiger partial charge in [-0.25, -0.2) is 4.79 Å². The summed E-state index contributed by atoms with van der Waals surface area (Å²) in [7, 11) is 1.50. The van der Waals surface area contributed by atoms with Crippen LogP contribution in [-0.4, -0.2) is 48.2 Å². The third-order valence-electron chi connectivity index (χ3n) is 6.85. The van der Waals surface area contributed by atoms with Crippen LogP contribution in [-0.2, 0) is 19.1 Å². The molecule has 1 aromatic rings. The third kappa shape index (κ3) is 3.30. The molecule has 160 valence electrons. The van der Waals surface area contributed by atoms with Gasteiger partial charge in [0.15, 0.2) is 12.4 Å². The minimum atomic E-state index is -1.01. The number of ether oxygens (including phenoxy) is 2. The normalized spacial score (nSPS) is 28.1. The van der Waals surface area contributed by atoms with Gasteiger partial charge in [-0.15, -0.1) is 0 Å². The highest BCUT2D eigenvalue weighted by Crippen LogP contribution is 2.56. The molecule has 5 atom stereocenters. The van der Waals surface area contributed by atoms with Crippen LogP contribution in [0.3, 0.4) is 0 Å². The van der Waals surface area contributed by atoms with Gasteiger partial charge in [-0.3, -0.25) is 19.3 Å². The smallest absolute Gasteiger partial charge is 0.330 e. The quantitative estimate of drug-likeness (QED) is 0.388. The Labute approximate surface area is 175 Å². The van der Waals surface area contributed by atoms with Crippen LogP contribution in [0.5, 0.6) is 5.75 Å². The summed E-state index contributed by atoms with van der Waals surface area (Å²) in [6.45, 7) is 3.10. The molecule has 3 aliphatic rings. The maximum absolute atomic E-state index is 13.1. The lowest BCUT2D eigenvalue weighted by Gasteiger charge is -2.28. The number of methoxy groups -OCH3 is 1. The fraction of sp³-hybridized carbons (Fsp3) is 0.565.